The number of anilines is 1. The molecule has 2 fully saturated rings. The summed E-state index contributed by atoms with van der Waals surface area (Å²) in [6.07, 6.45) is 4.43. The van der Waals surface area contributed by atoms with Crippen molar-refractivity contribution in [1.29, 1.82) is 0 Å². The molecule has 212 valence electrons. The minimum Gasteiger partial charge on any atom is -0.477 e. The lowest BCUT2D eigenvalue weighted by atomic mass is 9.82. The molecule has 3 aliphatic rings. The minimum atomic E-state index is -1.02. The molecule has 1 unspecified atom stereocenters. The molecule has 7 rings (SSSR count). The van der Waals surface area contributed by atoms with Gasteiger partial charge in [0, 0.05) is 30.4 Å². The number of piperidine rings is 1. The van der Waals surface area contributed by atoms with Crippen molar-refractivity contribution < 1.29 is 14.6 Å². The second-order valence-electron chi connectivity index (χ2n) is 11.4. The van der Waals surface area contributed by atoms with Crippen molar-refractivity contribution in [2.24, 2.45) is 0 Å². The number of aromatic nitrogens is 3. The summed E-state index contributed by atoms with van der Waals surface area (Å²) in [6.45, 7) is 6.11. The van der Waals surface area contributed by atoms with E-state index in [9.17, 15) is 9.90 Å². The molecule has 2 saturated heterocycles. The lowest BCUT2D eigenvalue weighted by Gasteiger charge is -2.36. The van der Waals surface area contributed by atoms with Gasteiger partial charge in [0.15, 0.2) is 11.3 Å². The Kier molecular flexibility index (Phi) is 7.15. The van der Waals surface area contributed by atoms with E-state index in [0.717, 1.165) is 81.4 Å². The normalized spacial score (nSPS) is 19.7. The Morgan fingerprint density at radius 1 is 1.00 bits per heavy atom. The van der Waals surface area contributed by atoms with Gasteiger partial charge in [0.1, 0.15) is 11.3 Å². The van der Waals surface area contributed by atoms with Gasteiger partial charge in [0.25, 0.3) is 0 Å². The van der Waals surface area contributed by atoms with Crippen molar-refractivity contribution in [3.63, 3.8) is 0 Å². The van der Waals surface area contributed by atoms with Gasteiger partial charge in [-0.3, -0.25) is 4.90 Å². The Bertz CT molecular complexity index is 1570. The molecule has 0 bridgehead atoms. The molecule has 1 N–H and O–H groups in total. The SMILES string of the molecule is O=C(O)c1ccc2nc(CN3CCC(c4cccc5c4CCN(c4ccc(Cl)cc4)C5)CC3)n(CC3CCO3)c2n1. The molecule has 4 aromatic rings. The number of nitrogens with zero attached hydrogens (tertiary/aromatic N) is 5. The smallest absolute Gasteiger partial charge is 0.354 e. The summed E-state index contributed by atoms with van der Waals surface area (Å²) in [6, 6.07) is 18.3. The van der Waals surface area contributed by atoms with Crippen LogP contribution >= 0.6 is 11.6 Å². The molecule has 0 spiro atoms. The van der Waals surface area contributed by atoms with Crippen molar-refractivity contribution in [2.45, 2.75) is 57.3 Å². The highest BCUT2D eigenvalue weighted by atomic mass is 35.5. The number of likely N-dealkylation sites (tertiary alicyclic amines) is 1. The van der Waals surface area contributed by atoms with Gasteiger partial charge in [-0.25, -0.2) is 14.8 Å². The maximum atomic E-state index is 11.6. The average Bonchev–Trinajstić information content (AvgIpc) is 3.31. The summed E-state index contributed by atoms with van der Waals surface area (Å²) in [4.78, 5) is 25.8. The first-order valence-corrected chi connectivity index (χ1v) is 14.9. The molecular weight excluding hydrogens is 538 g/mol. The molecule has 1 atom stereocenters. The van der Waals surface area contributed by atoms with Crippen molar-refractivity contribution in [1.82, 2.24) is 19.4 Å². The molecule has 8 nitrogen and oxygen atoms in total. The van der Waals surface area contributed by atoms with E-state index in [2.05, 4.69) is 49.7 Å². The number of aromatic carboxylic acids is 1. The molecule has 41 heavy (non-hydrogen) atoms. The molecule has 5 heterocycles. The Morgan fingerprint density at radius 3 is 2.54 bits per heavy atom. The predicted molar refractivity (Wildman–Crippen MR) is 159 cm³/mol. The van der Waals surface area contributed by atoms with Crippen LogP contribution in [0.25, 0.3) is 11.2 Å². The van der Waals surface area contributed by atoms with E-state index >= 15 is 0 Å². The van der Waals surface area contributed by atoms with Crippen LogP contribution in [-0.2, 0) is 30.8 Å². The first-order valence-electron chi connectivity index (χ1n) is 14.6. The van der Waals surface area contributed by atoms with Gasteiger partial charge < -0.3 is 19.3 Å². The van der Waals surface area contributed by atoms with Gasteiger partial charge in [-0.05, 0) is 97.8 Å². The lowest BCUT2D eigenvalue weighted by molar-refractivity contribution is -0.0593. The Hall–Kier alpha value is -3.46. The van der Waals surface area contributed by atoms with E-state index in [1.807, 2.05) is 12.1 Å². The van der Waals surface area contributed by atoms with E-state index < -0.39 is 5.97 Å². The monoisotopic (exact) mass is 571 g/mol. The number of imidazole rings is 1. The molecule has 0 saturated carbocycles. The highest BCUT2D eigenvalue weighted by Gasteiger charge is 2.28. The van der Waals surface area contributed by atoms with Crippen LogP contribution in [0.2, 0.25) is 5.02 Å². The molecule has 9 heteroatoms. The third-order valence-electron chi connectivity index (χ3n) is 8.96. The standard InChI is InChI=1S/C32H34ClN5O3/c33-23-4-6-24(7-5-23)37-16-12-27-22(18-37)2-1-3-26(27)21-10-14-36(15-11-21)20-30-34-28-8-9-29(32(39)40)35-31(28)38(30)19-25-13-17-41-25/h1-9,21,25H,10-20H2,(H,39,40). The van der Waals surface area contributed by atoms with Crippen LogP contribution in [-0.4, -0.2) is 62.9 Å². The summed E-state index contributed by atoms with van der Waals surface area (Å²) in [5.74, 6) is 0.470. The maximum absolute atomic E-state index is 11.6. The predicted octanol–water partition coefficient (Wildman–Crippen LogP) is 5.51. The van der Waals surface area contributed by atoms with Gasteiger partial charge in [0.05, 0.1) is 19.2 Å². The van der Waals surface area contributed by atoms with Crippen LogP contribution in [0.1, 0.15) is 58.2 Å². The Morgan fingerprint density at radius 2 is 1.80 bits per heavy atom. The molecule has 0 amide bonds. The third kappa shape index (κ3) is 5.32. The summed E-state index contributed by atoms with van der Waals surface area (Å²) in [5, 5.41) is 10.2. The number of hydrogen-bond donors (Lipinski definition) is 1. The van der Waals surface area contributed by atoms with E-state index in [-0.39, 0.29) is 11.8 Å². The fraction of sp³-hybridized carbons (Fsp3) is 0.406. The summed E-state index contributed by atoms with van der Waals surface area (Å²) >= 11 is 6.11. The number of benzene rings is 2. The van der Waals surface area contributed by atoms with Crippen molar-refractivity contribution in [3.8, 4) is 0 Å². The van der Waals surface area contributed by atoms with Crippen LogP contribution in [0.3, 0.4) is 0 Å². The van der Waals surface area contributed by atoms with Gasteiger partial charge >= 0.3 is 5.97 Å². The molecule has 0 radical (unpaired) electrons. The number of pyridine rings is 1. The summed E-state index contributed by atoms with van der Waals surface area (Å²) in [7, 11) is 0. The Labute approximate surface area is 244 Å². The number of rotatable bonds is 7. The van der Waals surface area contributed by atoms with Crippen LogP contribution in [0.4, 0.5) is 5.69 Å². The van der Waals surface area contributed by atoms with Gasteiger partial charge in [-0.15, -0.1) is 0 Å². The zero-order valence-corrected chi connectivity index (χ0v) is 23.8. The van der Waals surface area contributed by atoms with E-state index in [1.54, 1.807) is 11.6 Å². The maximum Gasteiger partial charge on any atom is 0.354 e. The number of ether oxygens (including phenoxy) is 1. The number of carboxylic acids is 1. The second kappa shape index (κ2) is 11.1. The van der Waals surface area contributed by atoms with Crippen LogP contribution in [0.15, 0.2) is 54.6 Å². The average molecular weight is 572 g/mol. The zero-order chi connectivity index (χ0) is 27.9. The number of carbonyl (C=O) groups is 1. The number of halogens is 1. The molecule has 0 aliphatic carbocycles. The van der Waals surface area contributed by atoms with Crippen LogP contribution in [0.5, 0.6) is 0 Å². The van der Waals surface area contributed by atoms with Gasteiger partial charge in [0.2, 0.25) is 0 Å². The highest BCUT2D eigenvalue weighted by molar-refractivity contribution is 6.30. The van der Waals surface area contributed by atoms with E-state index in [0.29, 0.717) is 18.1 Å². The topological polar surface area (TPSA) is 83.7 Å². The van der Waals surface area contributed by atoms with Crippen LogP contribution < -0.4 is 4.90 Å². The lowest BCUT2D eigenvalue weighted by Crippen LogP contribution is -2.36. The summed E-state index contributed by atoms with van der Waals surface area (Å²) in [5.41, 5.74) is 7.14. The third-order valence-corrected chi connectivity index (χ3v) is 9.21. The number of hydrogen-bond acceptors (Lipinski definition) is 6. The van der Waals surface area contributed by atoms with Crippen LogP contribution in [0, 0.1) is 0 Å². The largest absolute Gasteiger partial charge is 0.477 e. The van der Waals surface area contributed by atoms with Gasteiger partial charge in [-0.2, -0.15) is 0 Å². The van der Waals surface area contributed by atoms with Crippen molar-refractivity contribution in [3.05, 3.63) is 87.8 Å². The highest BCUT2D eigenvalue weighted by Crippen LogP contribution is 2.36. The summed E-state index contributed by atoms with van der Waals surface area (Å²) < 4.78 is 7.79. The van der Waals surface area contributed by atoms with Gasteiger partial charge in [-0.1, -0.05) is 29.8 Å². The zero-order valence-electron chi connectivity index (χ0n) is 23.0. The quantitative estimate of drug-likeness (QED) is 0.313. The number of carboxylic acid groups (broad SMARTS) is 1. The first-order chi connectivity index (χ1) is 20.0. The minimum absolute atomic E-state index is 0.0445. The molecule has 3 aliphatic heterocycles. The number of fused-ring (bicyclic) bond motifs is 2. The van der Waals surface area contributed by atoms with E-state index in [4.69, 9.17) is 21.3 Å². The second-order valence-corrected chi connectivity index (χ2v) is 11.9. The molecular formula is C32H34ClN5O3. The van der Waals surface area contributed by atoms with Crippen molar-refractivity contribution >= 4 is 34.4 Å². The Balaban J connectivity index is 1.05. The first kappa shape index (κ1) is 26.4. The van der Waals surface area contributed by atoms with Crippen molar-refractivity contribution in [2.75, 3.05) is 31.1 Å². The molecule has 2 aromatic heterocycles. The fourth-order valence-electron chi connectivity index (χ4n) is 6.61. The van der Waals surface area contributed by atoms with E-state index in [1.165, 1.54) is 22.9 Å². The molecule has 2 aromatic carbocycles. The fourth-order valence-corrected chi connectivity index (χ4v) is 6.73.